The third-order valence-corrected chi connectivity index (χ3v) is 4.72. The fourth-order valence-corrected chi connectivity index (χ4v) is 3.82. The molecule has 0 N–H and O–H groups in total. The summed E-state index contributed by atoms with van der Waals surface area (Å²) in [5, 5.41) is 0.622. The molecule has 0 saturated carbocycles. The quantitative estimate of drug-likeness (QED) is 0.769. The molecule has 2 aliphatic heterocycles. The Morgan fingerprint density at radius 1 is 1.26 bits per heavy atom. The smallest absolute Gasteiger partial charge is 0.219 e. The van der Waals surface area contributed by atoms with Gasteiger partial charge >= 0.3 is 0 Å². The van der Waals surface area contributed by atoms with Crippen LogP contribution >= 0.6 is 11.6 Å². The molecule has 4 heteroatoms. The number of hydrogen-bond donors (Lipinski definition) is 0. The number of alkyl halides is 1. The largest absolute Gasteiger partial charge is 0.337 e. The molecule has 2 nitrogen and oxygen atoms in total. The lowest BCUT2D eigenvalue weighted by molar-refractivity contribution is -0.136. The molecular formula is C15H17ClFNO. The first kappa shape index (κ1) is 12.9. The number of piperidine rings is 1. The Balaban J connectivity index is 1.88. The highest BCUT2D eigenvalue weighted by Gasteiger charge is 2.50. The van der Waals surface area contributed by atoms with Gasteiger partial charge in [-0.05, 0) is 30.5 Å². The zero-order valence-corrected chi connectivity index (χ0v) is 11.7. The van der Waals surface area contributed by atoms with E-state index in [4.69, 9.17) is 11.6 Å². The number of amides is 1. The third kappa shape index (κ3) is 2.14. The number of nitrogens with zero attached hydrogens (tertiary/aromatic N) is 1. The van der Waals surface area contributed by atoms with E-state index < -0.39 is 5.67 Å². The van der Waals surface area contributed by atoms with Crippen molar-refractivity contribution in [2.24, 2.45) is 0 Å². The second kappa shape index (κ2) is 4.48. The fraction of sp³-hybridized carbons (Fsp3) is 0.533. The van der Waals surface area contributed by atoms with Crippen LogP contribution in [0.25, 0.3) is 0 Å². The molecule has 1 aromatic carbocycles. The summed E-state index contributed by atoms with van der Waals surface area (Å²) in [4.78, 5) is 13.5. The Morgan fingerprint density at radius 3 is 2.26 bits per heavy atom. The molecule has 3 rings (SSSR count). The van der Waals surface area contributed by atoms with Crippen molar-refractivity contribution in [3.05, 3.63) is 34.9 Å². The van der Waals surface area contributed by atoms with Crippen LogP contribution in [0.3, 0.4) is 0 Å². The van der Waals surface area contributed by atoms with E-state index in [9.17, 15) is 4.79 Å². The average molecular weight is 282 g/mol. The Bertz CT molecular complexity index is 487. The van der Waals surface area contributed by atoms with E-state index in [0.29, 0.717) is 23.4 Å². The van der Waals surface area contributed by atoms with Gasteiger partial charge in [-0.3, -0.25) is 4.79 Å². The van der Waals surface area contributed by atoms with Gasteiger partial charge in [0.05, 0.1) is 0 Å². The summed E-state index contributed by atoms with van der Waals surface area (Å²) in [5.41, 5.74) is -0.625. The number of benzene rings is 1. The van der Waals surface area contributed by atoms with Gasteiger partial charge in [0.1, 0.15) is 5.67 Å². The molecule has 19 heavy (non-hydrogen) atoms. The van der Waals surface area contributed by atoms with E-state index in [-0.39, 0.29) is 18.0 Å². The van der Waals surface area contributed by atoms with Gasteiger partial charge in [-0.2, -0.15) is 0 Å². The molecular weight excluding hydrogens is 265 g/mol. The number of fused-ring (bicyclic) bond motifs is 2. The summed E-state index contributed by atoms with van der Waals surface area (Å²) in [6.45, 7) is 1.58. The Hall–Kier alpha value is -1.09. The predicted molar refractivity (Wildman–Crippen MR) is 72.8 cm³/mol. The van der Waals surface area contributed by atoms with Gasteiger partial charge in [-0.25, -0.2) is 4.39 Å². The summed E-state index contributed by atoms with van der Waals surface area (Å²) in [5.74, 6) is 0.0747. The Morgan fingerprint density at radius 2 is 1.79 bits per heavy atom. The first-order valence-corrected chi connectivity index (χ1v) is 7.11. The summed E-state index contributed by atoms with van der Waals surface area (Å²) in [6.07, 6.45) is 2.66. The molecule has 2 fully saturated rings. The van der Waals surface area contributed by atoms with E-state index in [1.54, 1.807) is 31.2 Å². The van der Waals surface area contributed by atoms with Crippen LogP contribution < -0.4 is 0 Å². The molecule has 2 aliphatic rings. The van der Waals surface area contributed by atoms with Gasteiger partial charge in [0, 0.05) is 36.9 Å². The highest BCUT2D eigenvalue weighted by atomic mass is 35.5. The number of hydrogen-bond acceptors (Lipinski definition) is 1. The van der Waals surface area contributed by atoms with Gasteiger partial charge in [0.2, 0.25) is 5.91 Å². The summed E-state index contributed by atoms with van der Waals surface area (Å²) >= 11 is 5.86. The molecule has 102 valence electrons. The Labute approximate surface area is 117 Å². The lowest BCUT2D eigenvalue weighted by Gasteiger charge is -2.42. The van der Waals surface area contributed by atoms with Gasteiger partial charge in [-0.1, -0.05) is 23.7 Å². The van der Waals surface area contributed by atoms with Crippen molar-refractivity contribution in [1.29, 1.82) is 0 Å². The zero-order chi connectivity index (χ0) is 13.6. The van der Waals surface area contributed by atoms with E-state index in [1.807, 2.05) is 4.90 Å². The third-order valence-electron chi connectivity index (χ3n) is 4.46. The van der Waals surface area contributed by atoms with Crippen molar-refractivity contribution >= 4 is 17.5 Å². The molecule has 0 spiro atoms. The van der Waals surface area contributed by atoms with Crippen LogP contribution in [0.5, 0.6) is 0 Å². The molecule has 2 atom stereocenters. The summed E-state index contributed by atoms with van der Waals surface area (Å²) in [6, 6.07) is 7.11. The topological polar surface area (TPSA) is 20.3 Å². The Kier molecular flexibility index (Phi) is 3.05. The molecule has 0 aromatic heterocycles. The molecule has 2 unspecified atom stereocenters. The van der Waals surface area contributed by atoms with Gasteiger partial charge in [-0.15, -0.1) is 0 Å². The monoisotopic (exact) mass is 281 g/mol. The predicted octanol–water partition coefficient (Wildman–Crippen LogP) is 3.68. The fourth-order valence-electron chi connectivity index (χ4n) is 3.69. The highest BCUT2D eigenvalue weighted by molar-refractivity contribution is 6.30. The van der Waals surface area contributed by atoms with E-state index >= 15 is 4.39 Å². The van der Waals surface area contributed by atoms with E-state index in [2.05, 4.69) is 0 Å². The van der Waals surface area contributed by atoms with E-state index in [1.165, 1.54) is 0 Å². The van der Waals surface area contributed by atoms with Crippen molar-refractivity contribution in [3.8, 4) is 0 Å². The van der Waals surface area contributed by atoms with Crippen molar-refractivity contribution in [2.75, 3.05) is 0 Å². The second-order valence-electron chi connectivity index (χ2n) is 5.69. The van der Waals surface area contributed by atoms with Crippen LogP contribution in [-0.4, -0.2) is 22.9 Å². The molecule has 2 saturated heterocycles. The maximum absolute atomic E-state index is 15.2. The number of carbonyl (C=O) groups excluding carboxylic acids is 1. The lowest BCUT2D eigenvalue weighted by Crippen LogP contribution is -2.49. The first-order chi connectivity index (χ1) is 8.99. The van der Waals surface area contributed by atoms with E-state index in [0.717, 1.165) is 12.8 Å². The van der Waals surface area contributed by atoms with Gasteiger partial charge in [0.15, 0.2) is 0 Å². The standard InChI is InChI=1S/C15H17ClFNO/c1-10(19)18-13-6-7-14(18)9-15(17,8-13)11-2-4-12(16)5-3-11/h2-5,13-14H,6-9H2,1H3. The maximum atomic E-state index is 15.2. The van der Waals surface area contributed by atoms with Crippen LogP contribution in [0.15, 0.2) is 24.3 Å². The number of halogens is 2. The molecule has 0 aliphatic carbocycles. The second-order valence-corrected chi connectivity index (χ2v) is 6.13. The van der Waals surface area contributed by atoms with Crippen molar-refractivity contribution in [1.82, 2.24) is 4.90 Å². The van der Waals surface area contributed by atoms with Crippen LogP contribution in [0.1, 0.15) is 38.2 Å². The first-order valence-electron chi connectivity index (χ1n) is 6.73. The number of carbonyl (C=O) groups is 1. The van der Waals surface area contributed by atoms with Crippen molar-refractivity contribution < 1.29 is 9.18 Å². The van der Waals surface area contributed by atoms with Crippen molar-refractivity contribution in [2.45, 2.75) is 50.4 Å². The van der Waals surface area contributed by atoms with Crippen LogP contribution in [-0.2, 0) is 10.5 Å². The van der Waals surface area contributed by atoms with Crippen molar-refractivity contribution in [3.63, 3.8) is 0 Å². The lowest BCUT2D eigenvalue weighted by atomic mass is 9.82. The molecule has 1 amide bonds. The van der Waals surface area contributed by atoms with Crippen LogP contribution in [0.2, 0.25) is 5.02 Å². The van der Waals surface area contributed by atoms with Gasteiger partial charge in [0.25, 0.3) is 0 Å². The highest BCUT2D eigenvalue weighted by Crippen LogP contribution is 2.48. The summed E-state index contributed by atoms with van der Waals surface area (Å²) in [7, 11) is 0. The SMILES string of the molecule is CC(=O)N1C2CCC1CC(F)(c1ccc(Cl)cc1)C2. The minimum atomic E-state index is -1.32. The molecule has 0 radical (unpaired) electrons. The molecule has 1 aromatic rings. The molecule has 2 bridgehead atoms. The normalized spacial score (nSPS) is 33.5. The molecule has 2 heterocycles. The van der Waals surface area contributed by atoms with Gasteiger partial charge < -0.3 is 4.90 Å². The minimum Gasteiger partial charge on any atom is -0.337 e. The van der Waals surface area contributed by atoms with Crippen LogP contribution in [0.4, 0.5) is 4.39 Å². The average Bonchev–Trinajstić information content (AvgIpc) is 2.64. The number of rotatable bonds is 1. The minimum absolute atomic E-state index is 0.0527. The zero-order valence-electron chi connectivity index (χ0n) is 10.9. The maximum Gasteiger partial charge on any atom is 0.219 e. The summed E-state index contributed by atoms with van der Waals surface area (Å²) < 4.78 is 15.2. The van der Waals surface area contributed by atoms with Crippen LogP contribution in [0, 0.1) is 0 Å².